The minimum Gasteiger partial charge on any atom is -0.489 e. The third-order valence-corrected chi connectivity index (χ3v) is 4.96. The van der Waals surface area contributed by atoms with Crippen molar-refractivity contribution in [1.82, 2.24) is 4.98 Å². The van der Waals surface area contributed by atoms with Crippen molar-refractivity contribution in [1.29, 1.82) is 0 Å². The van der Waals surface area contributed by atoms with Crippen LogP contribution in [0.25, 0.3) is 16.8 Å². The molecule has 2 nitrogen and oxygen atoms in total. The number of pyridine rings is 1. The summed E-state index contributed by atoms with van der Waals surface area (Å²) < 4.78 is 19.3. The highest BCUT2D eigenvalue weighted by Gasteiger charge is 2.12. The molecule has 0 fully saturated rings. The molecule has 0 N–H and O–H groups in total. The first kappa shape index (κ1) is 19.7. The fraction of sp³-hybridized carbons (Fsp3) is 0.0385. The molecule has 0 amide bonds. The van der Waals surface area contributed by atoms with Gasteiger partial charge in [-0.15, -0.1) is 0 Å². The third-order valence-electron chi connectivity index (χ3n) is 4.96. The lowest BCUT2D eigenvalue weighted by atomic mass is 9.91. The fourth-order valence-electron chi connectivity index (χ4n) is 3.32. The van der Waals surface area contributed by atoms with Gasteiger partial charge in [0.15, 0.2) is 0 Å². The summed E-state index contributed by atoms with van der Waals surface area (Å²) in [5.74, 6) is 0.520. The molecule has 4 rings (SSSR count). The third kappa shape index (κ3) is 4.33. The number of aromatic nitrogens is 1. The second-order valence-corrected chi connectivity index (χ2v) is 7.12. The van der Waals surface area contributed by atoms with Gasteiger partial charge < -0.3 is 4.74 Å². The molecule has 0 spiro atoms. The summed E-state index contributed by atoms with van der Waals surface area (Å²) >= 11 is 0. The average Bonchev–Trinajstić information content (AvgIpc) is 2.79. The first-order valence-electron chi connectivity index (χ1n) is 9.81. The molecule has 0 unspecified atom stereocenters. The summed E-state index contributed by atoms with van der Waals surface area (Å²) in [7, 11) is 2.01. The summed E-state index contributed by atoms with van der Waals surface area (Å²) in [4.78, 5) is 4.86. The summed E-state index contributed by atoms with van der Waals surface area (Å²) in [6, 6.07) is 28.3. The Balaban J connectivity index is 1.65. The molecule has 0 saturated carbocycles. The van der Waals surface area contributed by atoms with E-state index in [4.69, 9.17) is 9.72 Å². The molecule has 0 saturated heterocycles. The van der Waals surface area contributed by atoms with Gasteiger partial charge in [-0.25, -0.2) is 9.37 Å². The second-order valence-electron chi connectivity index (χ2n) is 7.12. The van der Waals surface area contributed by atoms with Crippen molar-refractivity contribution in [2.24, 2.45) is 0 Å². The zero-order valence-electron chi connectivity index (χ0n) is 16.8. The van der Waals surface area contributed by atoms with Gasteiger partial charge in [0.25, 0.3) is 0 Å². The molecular formula is C26H21BFNO. The SMILES string of the molecule is Bc1cccc(-c2cccc(C(=C)c3ccccc3)n2)c1OCc1ccc(F)cc1. The van der Waals surface area contributed by atoms with Gasteiger partial charge in [0.05, 0.1) is 11.4 Å². The molecule has 1 aromatic heterocycles. The van der Waals surface area contributed by atoms with Crippen molar-refractivity contribution in [2.75, 3.05) is 0 Å². The number of hydrogen-bond acceptors (Lipinski definition) is 2. The second kappa shape index (κ2) is 8.79. The lowest BCUT2D eigenvalue weighted by molar-refractivity contribution is 0.310. The molecule has 1 heterocycles. The van der Waals surface area contributed by atoms with Crippen molar-refractivity contribution in [2.45, 2.75) is 6.61 Å². The molecule has 0 aliphatic carbocycles. The number of rotatable bonds is 6. The van der Waals surface area contributed by atoms with E-state index in [1.807, 2.05) is 74.6 Å². The minimum atomic E-state index is -0.255. The van der Waals surface area contributed by atoms with Crippen LogP contribution in [-0.2, 0) is 6.61 Å². The van der Waals surface area contributed by atoms with Gasteiger partial charge >= 0.3 is 0 Å². The van der Waals surface area contributed by atoms with E-state index in [1.165, 1.54) is 12.1 Å². The Hall–Kier alpha value is -3.66. The summed E-state index contributed by atoms with van der Waals surface area (Å²) in [5.41, 5.74) is 6.40. The van der Waals surface area contributed by atoms with Crippen LogP contribution in [0.5, 0.6) is 5.75 Å². The largest absolute Gasteiger partial charge is 0.489 e. The highest BCUT2D eigenvalue weighted by atomic mass is 19.1. The fourth-order valence-corrected chi connectivity index (χ4v) is 3.32. The van der Waals surface area contributed by atoms with Crippen LogP contribution in [0.15, 0.2) is 97.6 Å². The van der Waals surface area contributed by atoms with Gasteiger partial charge in [-0.1, -0.05) is 67.2 Å². The number of hydrogen-bond donors (Lipinski definition) is 0. The van der Waals surface area contributed by atoms with Crippen LogP contribution >= 0.6 is 0 Å². The van der Waals surface area contributed by atoms with Crippen molar-refractivity contribution in [3.05, 3.63) is 120 Å². The van der Waals surface area contributed by atoms with E-state index in [-0.39, 0.29) is 5.82 Å². The maximum absolute atomic E-state index is 13.2. The first-order chi connectivity index (χ1) is 14.6. The quantitative estimate of drug-likeness (QED) is 0.440. The number of benzene rings is 3. The van der Waals surface area contributed by atoms with Gasteiger partial charge in [0.1, 0.15) is 26.0 Å². The van der Waals surface area contributed by atoms with E-state index in [1.54, 1.807) is 12.1 Å². The lowest BCUT2D eigenvalue weighted by Gasteiger charge is -2.15. The number of halogens is 1. The molecule has 4 heteroatoms. The van der Waals surface area contributed by atoms with Crippen LogP contribution in [0, 0.1) is 5.82 Å². The van der Waals surface area contributed by atoms with E-state index in [2.05, 4.69) is 6.58 Å². The summed E-state index contributed by atoms with van der Waals surface area (Å²) in [6.07, 6.45) is 0. The van der Waals surface area contributed by atoms with E-state index < -0.39 is 0 Å². The monoisotopic (exact) mass is 393 g/mol. The Morgan fingerprint density at radius 1 is 0.867 bits per heavy atom. The summed E-state index contributed by atoms with van der Waals surface area (Å²) in [5, 5.41) is 0. The van der Waals surface area contributed by atoms with Gasteiger partial charge in [0.2, 0.25) is 0 Å². The van der Waals surface area contributed by atoms with Gasteiger partial charge in [0, 0.05) is 11.1 Å². The molecule has 0 radical (unpaired) electrons. The predicted octanol–water partition coefficient (Wildman–Crippen LogP) is 4.79. The predicted molar refractivity (Wildman–Crippen MR) is 123 cm³/mol. The lowest BCUT2D eigenvalue weighted by Crippen LogP contribution is -2.11. The van der Waals surface area contributed by atoms with Crippen LogP contribution in [0.2, 0.25) is 0 Å². The smallest absolute Gasteiger partial charge is 0.144 e. The van der Waals surface area contributed by atoms with Crippen LogP contribution < -0.4 is 10.2 Å². The van der Waals surface area contributed by atoms with Gasteiger partial charge in [-0.2, -0.15) is 0 Å². The van der Waals surface area contributed by atoms with Crippen LogP contribution in [-0.4, -0.2) is 12.8 Å². The van der Waals surface area contributed by atoms with Crippen LogP contribution in [0.4, 0.5) is 4.39 Å². The number of nitrogens with zero attached hydrogens (tertiary/aromatic N) is 1. The van der Waals surface area contributed by atoms with Gasteiger partial charge in [-0.05, 0) is 46.9 Å². The average molecular weight is 393 g/mol. The maximum Gasteiger partial charge on any atom is 0.144 e. The molecule has 0 aliphatic rings. The molecular weight excluding hydrogens is 372 g/mol. The minimum absolute atomic E-state index is 0.255. The topological polar surface area (TPSA) is 22.1 Å². The molecule has 146 valence electrons. The maximum atomic E-state index is 13.2. The summed E-state index contributed by atoms with van der Waals surface area (Å²) in [6.45, 7) is 4.58. The van der Waals surface area contributed by atoms with E-state index in [9.17, 15) is 4.39 Å². The van der Waals surface area contributed by atoms with Crippen molar-refractivity contribution >= 4 is 18.9 Å². The molecule has 0 aliphatic heterocycles. The Morgan fingerprint density at radius 3 is 2.37 bits per heavy atom. The van der Waals surface area contributed by atoms with Crippen molar-refractivity contribution < 1.29 is 9.13 Å². The van der Waals surface area contributed by atoms with E-state index >= 15 is 0 Å². The molecule has 30 heavy (non-hydrogen) atoms. The number of ether oxygens (including phenoxy) is 1. The molecule has 3 aromatic carbocycles. The zero-order chi connectivity index (χ0) is 20.9. The van der Waals surface area contributed by atoms with Crippen LogP contribution in [0.1, 0.15) is 16.8 Å². The zero-order valence-corrected chi connectivity index (χ0v) is 16.8. The van der Waals surface area contributed by atoms with Crippen LogP contribution in [0.3, 0.4) is 0 Å². The standard InChI is InChI=1S/C26H21BFNO/c1-18(20-7-3-2-4-8-20)24-11-6-12-25(29-24)22-9-5-10-23(27)26(22)30-17-19-13-15-21(28)16-14-19/h2-16H,1,17,27H2. The van der Waals surface area contributed by atoms with Gasteiger partial charge in [-0.3, -0.25) is 0 Å². The Bertz CT molecular complexity index is 1170. The first-order valence-corrected chi connectivity index (χ1v) is 9.81. The number of para-hydroxylation sites is 1. The normalized spacial score (nSPS) is 10.6. The Morgan fingerprint density at radius 2 is 1.60 bits per heavy atom. The highest BCUT2D eigenvalue weighted by Crippen LogP contribution is 2.29. The molecule has 0 bridgehead atoms. The van der Waals surface area contributed by atoms with Crippen molar-refractivity contribution in [3.63, 3.8) is 0 Å². The Kier molecular flexibility index (Phi) is 5.76. The van der Waals surface area contributed by atoms with E-state index in [0.717, 1.165) is 44.9 Å². The molecule has 0 atom stereocenters. The Labute approximate surface area is 177 Å². The van der Waals surface area contributed by atoms with Crippen molar-refractivity contribution in [3.8, 4) is 17.0 Å². The highest BCUT2D eigenvalue weighted by molar-refractivity contribution is 6.34. The molecule has 4 aromatic rings. The van der Waals surface area contributed by atoms with E-state index in [0.29, 0.717) is 6.61 Å².